The van der Waals surface area contributed by atoms with E-state index in [0.717, 1.165) is 37.0 Å². The highest BCUT2D eigenvalue weighted by Crippen LogP contribution is 2.27. The van der Waals surface area contributed by atoms with E-state index in [1.165, 1.54) is 0 Å². The van der Waals surface area contributed by atoms with Gasteiger partial charge in [0, 0.05) is 18.5 Å². The van der Waals surface area contributed by atoms with E-state index in [-0.39, 0.29) is 11.8 Å². The Labute approximate surface area is 135 Å². The summed E-state index contributed by atoms with van der Waals surface area (Å²) in [5, 5.41) is 3.99. The molecular weight excluding hydrogens is 294 g/mol. The van der Waals surface area contributed by atoms with Crippen molar-refractivity contribution in [1.82, 2.24) is 15.0 Å². The Balaban J connectivity index is 1.67. The molecule has 1 aromatic carbocycles. The number of nitrogens with zero attached hydrogens (tertiary/aromatic N) is 3. The summed E-state index contributed by atoms with van der Waals surface area (Å²) in [7, 11) is 3.40. The third-order valence-corrected chi connectivity index (χ3v) is 4.25. The van der Waals surface area contributed by atoms with E-state index in [2.05, 4.69) is 10.1 Å². The minimum Gasteiger partial charge on any atom is -0.497 e. The van der Waals surface area contributed by atoms with Crippen molar-refractivity contribution in [3.05, 3.63) is 30.2 Å². The highest BCUT2D eigenvalue weighted by atomic mass is 16.5. The predicted octanol–water partition coefficient (Wildman–Crippen LogP) is 2.89. The van der Waals surface area contributed by atoms with Gasteiger partial charge >= 0.3 is 0 Å². The fourth-order valence-electron chi connectivity index (χ4n) is 2.96. The van der Waals surface area contributed by atoms with Gasteiger partial charge in [0.25, 0.3) is 0 Å². The zero-order chi connectivity index (χ0) is 16.2. The molecule has 1 aromatic heterocycles. The van der Waals surface area contributed by atoms with Crippen LogP contribution in [0.15, 0.2) is 28.8 Å². The number of benzene rings is 1. The molecule has 1 aliphatic carbocycles. The Bertz CT molecular complexity index is 677. The first-order valence-electron chi connectivity index (χ1n) is 7.89. The summed E-state index contributed by atoms with van der Waals surface area (Å²) in [5.74, 6) is 2.00. The molecule has 0 aliphatic heterocycles. The van der Waals surface area contributed by atoms with Crippen molar-refractivity contribution >= 4 is 5.91 Å². The largest absolute Gasteiger partial charge is 0.497 e. The van der Waals surface area contributed by atoms with E-state index in [1.807, 2.05) is 24.3 Å². The molecule has 1 amide bonds. The number of amides is 1. The number of carbonyl (C=O) groups is 1. The Morgan fingerprint density at radius 2 is 2.17 bits per heavy atom. The standard InChI is InChI=1S/C17H21N3O3/c1-20(17(21)12-6-3-4-7-12)11-15-18-16(19-23-15)13-8-5-9-14(10-13)22-2/h5,8-10,12H,3-4,6-7,11H2,1-2H3. The fraction of sp³-hybridized carbons (Fsp3) is 0.471. The van der Waals surface area contributed by atoms with Gasteiger partial charge in [0.05, 0.1) is 13.7 Å². The van der Waals surface area contributed by atoms with Crippen LogP contribution in [-0.2, 0) is 11.3 Å². The highest BCUT2D eigenvalue weighted by molar-refractivity contribution is 5.78. The maximum absolute atomic E-state index is 12.3. The van der Waals surface area contributed by atoms with Crippen molar-refractivity contribution < 1.29 is 14.1 Å². The van der Waals surface area contributed by atoms with Crippen molar-refractivity contribution in [2.45, 2.75) is 32.2 Å². The monoisotopic (exact) mass is 315 g/mol. The van der Waals surface area contributed by atoms with Crippen LogP contribution in [0.1, 0.15) is 31.6 Å². The third-order valence-electron chi connectivity index (χ3n) is 4.25. The molecule has 0 saturated heterocycles. The summed E-state index contributed by atoms with van der Waals surface area (Å²) >= 11 is 0. The second kappa shape index (κ2) is 6.81. The summed E-state index contributed by atoms with van der Waals surface area (Å²) in [4.78, 5) is 18.4. The normalized spacial score (nSPS) is 14.9. The SMILES string of the molecule is COc1cccc(-c2noc(CN(C)C(=O)C3CCCC3)n2)c1. The molecule has 6 heteroatoms. The number of aromatic nitrogens is 2. The van der Waals surface area contributed by atoms with Crippen molar-refractivity contribution in [2.75, 3.05) is 14.2 Å². The molecule has 122 valence electrons. The van der Waals surface area contributed by atoms with Gasteiger partial charge in [0.15, 0.2) is 0 Å². The van der Waals surface area contributed by atoms with Crippen LogP contribution in [-0.4, -0.2) is 35.1 Å². The van der Waals surface area contributed by atoms with Crippen molar-refractivity contribution in [3.63, 3.8) is 0 Å². The van der Waals surface area contributed by atoms with Gasteiger partial charge in [-0.25, -0.2) is 0 Å². The van der Waals surface area contributed by atoms with E-state index in [4.69, 9.17) is 9.26 Å². The van der Waals surface area contributed by atoms with Crippen LogP contribution in [0, 0.1) is 5.92 Å². The molecule has 3 rings (SSSR count). The lowest BCUT2D eigenvalue weighted by molar-refractivity contribution is -0.134. The number of ether oxygens (including phenoxy) is 1. The maximum Gasteiger partial charge on any atom is 0.246 e. The van der Waals surface area contributed by atoms with Gasteiger partial charge in [-0.3, -0.25) is 4.79 Å². The van der Waals surface area contributed by atoms with E-state index >= 15 is 0 Å². The summed E-state index contributed by atoms with van der Waals surface area (Å²) in [6.07, 6.45) is 4.26. The molecule has 6 nitrogen and oxygen atoms in total. The van der Waals surface area contributed by atoms with Gasteiger partial charge in [0.1, 0.15) is 5.75 Å². The molecule has 0 bridgehead atoms. The molecule has 0 spiro atoms. The fourth-order valence-corrected chi connectivity index (χ4v) is 2.96. The molecule has 2 aromatic rings. The number of carbonyl (C=O) groups excluding carboxylic acids is 1. The minimum atomic E-state index is 0.153. The van der Waals surface area contributed by atoms with Crippen molar-refractivity contribution in [2.24, 2.45) is 5.92 Å². The van der Waals surface area contributed by atoms with Crippen LogP contribution >= 0.6 is 0 Å². The third kappa shape index (κ3) is 3.52. The van der Waals surface area contributed by atoms with Gasteiger partial charge in [-0.1, -0.05) is 30.1 Å². The molecule has 0 unspecified atom stereocenters. The zero-order valence-corrected chi connectivity index (χ0v) is 13.5. The second-order valence-electron chi connectivity index (χ2n) is 5.92. The first-order chi connectivity index (χ1) is 11.2. The summed E-state index contributed by atoms with van der Waals surface area (Å²) in [6.45, 7) is 0.340. The van der Waals surface area contributed by atoms with Gasteiger partial charge in [-0.15, -0.1) is 0 Å². The van der Waals surface area contributed by atoms with Crippen molar-refractivity contribution in [1.29, 1.82) is 0 Å². The van der Waals surface area contributed by atoms with E-state index in [9.17, 15) is 4.79 Å². The average molecular weight is 315 g/mol. The lowest BCUT2D eigenvalue weighted by Gasteiger charge is -2.18. The maximum atomic E-state index is 12.3. The topological polar surface area (TPSA) is 68.5 Å². The Morgan fingerprint density at radius 1 is 1.39 bits per heavy atom. The molecule has 0 radical (unpaired) electrons. The molecule has 1 heterocycles. The second-order valence-corrected chi connectivity index (χ2v) is 5.92. The van der Waals surface area contributed by atoms with Crippen LogP contribution in [0.5, 0.6) is 5.75 Å². The molecule has 1 aliphatic rings. The lowest BCUT2D eigenvalue weighted by atomic mass is 10.1. The number of rotatable bonds is 5. The van der Waals surface area contributed by atoms with Gasteiger partial charge in [-0.2, -0.15) is 4.98 Å². The highest BCUT2D eigenvalue weighted by Gasteiger charge is 2.26. The zero-order valence-electron chi connectivity index (χ0n) is 13.5. The summed E-state index contributed by atoms with van der Waals surface area (Å²) < 4.78 is 10.5. The smallest absolute Gasteiger partial charge is 0.246 e. The van der Waals surface area contributed by atoms with E-state index in [0.29, 0.717) is 18.3 Å². The quantitative estimate of drug-likeness (QED) is 0.848. The number of hydrogen-bond donors (Lipinski definition) is 0. The van der Waals surface area contributed by atoms with Crippen LogP contribution in [0.25, 0.3) is 11.4 Å². The van der Waals surface area contributed by atoms with Gasteiger partial charge < -0.3 is 14.2 Å². The predicted molar refractivity (Wildman–Crippen MR) is 84.7 cm³/mol. The average Bonchev–Trinajstić information content (AvgIpc) is 3.26. The molecule has 1 fully saturated rings. The molecule has 1 saturated carbocycles. The molecule has 0 N–H and O–H groups in total. The van der Waals surface area contributed by atoms with Crippen LogP contribution in [0.2, 0.25) is 0 Å². The first-order valence-corrected chi connectivity index (χ1v) is 7.89. The lowest BCUT2D eigenvalue weighted by Crippen LogP contribution is -2.31. The number of methoxy groups -OCH3 is 1. The molecular formula is C17H21N3O3. The first kappa shape index (κ1) is 15.5. The van der Waals surface area contributed by atoms with Gasteiger partial charge in [0.2, 0.25) is 17.6 Å². The summed E-state index contributed by atoms with van der Waals surface area (Å²) in [6, 6.07) is 7.48. The van der Waals surface area contributed by atoms with Crippen LogP contribution in [0.4, 0.5) is 0 Å². The Hall–Kier alpha value is -2.37. The minimum absolute atomic E-state index is 0.153. The van der Waals surface area contributed by atoms with Gasteiger partial charge in [-0.05, 0) is 25.0 Å². The molecule has 0 atom stereocenters. The Morgan fingerprint density at radius 3 is 2.91 bits per heavy atom. The van der Waals surface area contributed by atoms with E-state index < -0.39 is 0 Å². The number of hydrogen-bond acceptors (Lipinski definition) is 5. The van der Waals surface area contributed by atoms with Crippen molar-refractivity contribution in [3.8, 4) is 17.1 Å². The Kier molecular flexibility index (Phi) is 4.60. The molecule has 23 heavy (non-hydrogen) atoms. The summed E-state index contributed by atoms with van der Waals surface area (Å²) in [5.41, 5.74) is 0.823. The van der Waals surface area contributed by atoms with Crippen LogP contribution < -0.4 is 4.74 Å². The van der Waals surface area contributed by atoms with Crippen LogP contribution in [0.3, 0.4) is 0 Å². The van der Waals surface area contributed by atoms with E-state index in [1.54, 1.807) is 19.1 Å².